The second-order valence-corrected chi connectivity index (χ2v) is 18.7. The molecule has 0 spiro atoms. The summed E-state index contributed by atoms with van der Waals surface area (Å²) in [6.45, 7) is 9.76. The van der Waals surface area contributed by atoms with E-state index in [1.54, 1.807) is 35.0 Å². The highest BCUT2D eigenvalue weighted by atomic mass is 32.1. The molecule has 15 nitrogen and oxygen atoms in total. The lowest BCUT2D eigenvalue weighted by Gasteiger charge is -2.35. The van der Waals surface area contributed by atoms with Crippen molar-refractivity contribution in [1.82, 2.24) is 25.8 Å². The van der Waals surface area contributed by atoms with Crippen molar-refractivity contribution in [2.45, 2.75) is 91.5 Å². The van der Waals surface area contributed by atoms with Crippen molar-refractivity contribution >= 4 is 68.9 Å². The highest BCUT2D eigenvalue weighted by molar-refractivity contribution is 7.13. The summed E-state index contributed by atoms with van der Waals surface area (Å²) in [7, 11) is 0. The van der Waals surface area contributed by atoms with Gasteiger partial charge in [-0.05, 0) is 102 Å². The molecule has 5 amide bonds. The van der Waals surface area contributed by atoms with Crippen LogP contribution in [0, 0.1) is 12.3 Å². The number of rotatable bonds is 19. The molecule has 0 saturated carbocycles. The van der Waals surface area contributed by atoms with E-state index in [1.807, 2.05) is 89.2 Å². The predicted molar refractivity (Wildman–Crippen MR) is 258 cm³/mol. The van der Waals surface area contributed by atoms with Gasteiger partial charge in [-0.1, -0.05) is 75.7 Å². The first-order chi connectivity index (χ1) is 31.9. The predicted octanol–water partition coefficient (Wildman–Crippen LogP) is 6.88. The normalized spacial score (nSPS) is 15.4. The van der Waals surface area contributed by atoms with E-state index in [1.165, 1.54) is 23.1 Å². The Morgan fingerprint density at radius 1 is 0.896 bits per heavy atom. The molecular formula is C51H58N6O9S. The highest BCUT2D eigenvalue weighted by Crippen LogP contribution is 2.29. The molecule has 0 unspecified atom stereocenters. The number of carboxylic acids is 1. The Kier molecular flexibility index (Phi) is 16.6. The lowest BCUT2D eigenvalue weighted by molar-refractivity contribution is -0.144. The van der Waals surface area contributed by atoms with E-state index in [0.29, 0.717) is 42.8 Å². The lowest BCUT2D eigenvalue weighted by atomic mass is 9.85. The number of ether oxygens (including phenoxy) is 1. The van der Waals surface area contributed by atoms with Gasteiger partial charge >= 0.3 is 5.97 Å². The summed E-state index contributed by atoms with van der Waals surface area (Å²) < 4.78 is 5.75. The first-order valence-electron chi connectivity index (χ1n) is 22.3. The highest BCUT2D eigenvalue weighted by Gasteiger charge is 2.44. The van der Waals surface area contributed by atoms with Crippen LogP contribution < -0.4 is 26.0 Å². The molecule has 0 aliphatic carbocycles. The smallest absolute Gasteiger partial charge is 0.335 e. The summed E-state index contributed by atoms with van der Waals surface area (Å²) in [6, 6.07) is 23.2. The van der Waals surface area contributed by atoms with E-state index < -0.39 is 35.5 Å². The van der Waals surface area contributed by atoms with Crippen molar-refractivity contribution in [3.8, 4) is 16.2 Å². The molecular weight excluding hydrogens is 873 g/mol. The Bertz CT molecular complexity index is 2640. The number of hydrogen-bond donors (Lipinski definition) is 6. The third kappa shape index (κ3) is 13.8. The van der Waals surface area contributed by atoms with Gasteiger partial charge in [0.2, 0.25) is 23.6 Å². The standard InChI is InChI=1S/C51H58N6O9S/c1-31(22-44(60)55-39-11-9-10-38(24-39)50(64)65)35-17-18-37-25-41(20-19-36(37)23-35)66-29-45(61)52-21-8-6-7-12-43(59)56-47(51(3,4)5)49(63)57-28-40(58)26-42(57)48(62)53-27-33-13-15-34(16-14-33)46-32(2)54-30-67-46/h9-11,13-20,22-25,30,40,42,47,58H,6-8,12,21,26-29H2,1-5H3,(H,52,61)(H,53,62)(H,55,60)(H,56,59)(H,64,65)/b31-22+/t40-,42+,47+/m1/s1. The number of fused-ring (bicyclic) bond motifs is 1. The number of aliphatic hydroxyl groups is 1. The quantitative estimate of drug-likeness (QED) is 0.0373. The van der Waals surface area contributed by atoms with E-state index in [0.717, 1.165) is 38.0 Å². The number of hydrogen-bond acceptors (Lipinski definition) is 10. The van der Waals surface area contributed by atoms with Crippen LogP contribution in [0.3, 0.4) is 0 Å². The van der Waals surface area contributed by atoms with Crippen LogP contribution in [0.2, 0.25) is 0 Å². The first kappa shape index (κ1) is 49.5. The number of aromatic nitrogens is 1. The number of aryl methyl sites for hydroxylation is 1. The molecule has 6 rings (SSSR count). The Labute approximate surface area is 394 Å². The number of allylic oxidation sites excluding steroid dienone is 1. The number of carboxylic acid groups (broad SMARTS) is 1. The summed E-state index contributed by atoms with van der Waals surface area (Å²) in [5, 5.41) is 32.9. The Balaban J connectivity index is 0.895. The van der Waals surface area contributed by atoms with Gasteiger partial charge in [0.25, 0.3) is 5.91 Å². The zero-order valence-corrected chi connectivity index (χ0v) is 39.2. The van der Waals surface area contributed by atoms with Crippen molar-refractivity contribution in [1.29, 1.82) is 0 Å². The number of likely N-dealkylation sites (tertiary alicyclic amines) is 1. The molecule has 1 aliphatic rings. The molecule has 67 heavy (non-hydrogen) atoms. The minimum Gasteiger partial charge on any atom is -0.484 e. The van der Waals surface area contributed by atoms with Gasteiger partial charge in [0.05, 0.1) is 27.7 Å². The van der Waals surface area contributed by atoms with Crippen molar-refractivity contribution in [3.05, 3.63) is 119 Å². The van der Waals surface area contributed by atoms with Crippen LogP contribution in [0.1, 0.15) is 87.0 Å². The van der Waals surface area contributed by atoms with E-state index in [4.69, 9.17) is 4.74 Å². The van der Waals surface area contributed by atoms with Crippen LogP contribution in [0.4, 0.5) is 5.69 Å². The molecule has 16 heteroatoms. The van der Waals surface area contributed by atoms with Gasteiger partial charge in [0.1, 0.15) is 17.8 Å². The van der Waals surface area contributed by atoms with Gasteiger partial charge in [-0.2, -0.15) is 0 Å². The fourth-order valence-electron chi connectivity index (χ4n) is 7.78. The monoisotopic (exact) mass is 930 g/mol. The van der Waals surface area contributed by atoms with Gasteiger partial charge in [-0.25, -0.2) is 9.78 Å². The lowest BCUT2D eigenvalue weighted by Crippen LogP contribution is -2.57. The number of amides is 5. The summed E-state index contributed by atoms with van der Waals surface area (Å²) in [5.74, 6) is -2.33. The molecule has 0 bridgehead atoms. The molecule has 2 heterocycles. The van der Waals surface area contributed by atoms with Crippen LogP contribution in [0.15, 0.2) is 96.5 Å². The second-order valence-electron chi connectivity index (χ2n) is 17.8. The van der Waals surface area contributed by atoms with Gasteiger partial charge in [0.15, 0.2) is 6.61 Å². The summed E-state index contributed by atoms with van der Waals surface area (Å²) in [6.07, 6.45) is 2.67. The number of benzene rings is 4. The Hall–Kier alpha value is -6.91. The fourth-order valence-corrected chi connectivity index (χ4v) is 8.59. The minimum absolute atomic E-state index is 0.0114. The third-order valence-corrected chi connectivity index (χ3v) is 12.5. The van der Waals surface area contributed by atoms with Crippen molar-refractivity contribution in [2.75, 3.05) is 25.0 Å². The van der Waals surface area contributed by atoms with Crippen molar-refractivity contribution in [3.63, 3.8) is 0 Å². The number of aromatic carboxylic acids is 1. The van der Waals surface area contributed by atoms with Crippen LogP contribution >= 0.6 is 11.3 Å². The van der Waals surface area contributed by atoms with E-state index >= 15 is 0 Å². The van der Waals surface area contributed by atoms with Crippen molar-refractivity contribution in [2.24, 2.45) is 5.41 Å². The van der Waals surface area contributed by atoms with E-state index in [2.05, 4.69) is 26.3 Å². The van der Waals surface area contributed by atoms with E-state index in [-0.39, 0.29) is 61.7 Å². The van der Waals surface area contributed by atoms with Gasteiger partial charge in [0, 0.05) is 44.2 Å². The molecule has 352 valence electrons. The molecule has 1 saturated heterocycles. The number of carbonyl (C=O) groups excluding carboxylic acids is 5. The topological polar surface area (TPSA) is 216 Å². The van der Waals surface area contributed by atoms with Crippen LogP contribution in [-0.4, -0.2) is 93.5 Å². The Morgan fingerprint density at radius 2 is 1.64 bits per heavy atom. The average molecular weight is 931 g/mol. The maximum Gasteiger partial charge on any atom is 0.335 e. The zero-order valence-electron chi connectivity index (χ0n) is 38.4. The molecule has 1 aromatic heterocycles. The minimum atomic E-state index is -1.08. The molecule has 5 aromatic rings. The number of nitrogens with one attached hydrogen (secondary N) is 4. The van der Waals surface area contributed by atoms with Crippen LogP contribution in [-0.2, 0) is 30.5 Å². The number of nitrogens with zero attached hydrogens (tertiary/aromatic N) is 2. The molecule has 1 fully saturated rings. The van der Waals surface area contributed by atoms with E-state index in [9.17, 15) is 39.0 Å². The number of aliphatic hydroxyl groups excluding tert-OH is 1. The van der Waals surface area contributed by atoms with Crippen molar-refractivity contribution < 1.29 is 43.7 Å². The average Bonchev–Trinajstić information content (AvgIpc) is 3.92. The molecule has 3 atom stereocenters. The zero-order chi connectivity index (χ0) is 48.3. The number of carbonyl (C=O) groups is 6. The molecule has 6 N–H and O–H groups in total. The Morgan fingerprint density at radius 3 is 2.36 bits per heavy atom. The molecule has 4 aromatic carbocycles. The maximum absolute atomic E-state index is 14.0. The SMILES string of the molecule is C/C(=C\C(=O)Nc1cccc(C(=O)O)c1)c1ccc2cc(OCC(=O)NCCCCCC(=O)N[C@@H](C(=O)N3C[C@H](O)C[C@H]3C(=O)NCc3ccc(-c4scnc4C)cc3)C(C)(C)C)ccc2c1. The third-order valence-electron chi connectivity index (χ3n) is 11.5. The van der Waals surface area contributed by atoms with Gasteiger partial charge in [-0.3, -0.25) is 24.0 Å². The van der Waals surface area contributed by atoms with Crippen LogP contribution in [0.5, 0.6) is 5.75 Å². The second kappa shape index (κ2) is 22.5. The fraction of sp³-hybridized carbons (Fsp3) is 0.353. The number of β-amino-alcohol motifs (C(OH)–C–C–N with tert-alkyl or cyclic N) is 1. The summed E-state index contributed by atoms with van der Waals surface area (Å²) in [5.41, 5.74) is 6.02. The largest absolute Gasteiger partial charge is 0.484 e. The molecule has 1 aliphatic heterocycles. The first-order valence-corrected chi connectivity index (χ1v) is 23.1. The van der Waals surface area contributed by atoms with Gasteiger partial charge < -0.3 is 41.1 Å². The number of anilines is 1. The van der Waals surface area contributed by atoms with Crippen LogP contribution in [0.25, 0.3) is 26.8 Å². The summed E-state index contributed by atoms with van der Waals surface area (Å²) >= 11 is 1.57. The number of unbranched alkanes of at least 4 members (excludes halogenated alkanes) is 2. The summed E-state index contributed by atoms with van der Waals surface area (Å²) in [4.78, 5) is 83.8. The van der Waals surface area contributed by atoms with Gasteiger partial charge in [-0.15, -0.1) is 11.3 Å². The molecule has 0 radical (unpaired) electrons. The maximum atomic E-state index is 14.0. The number of thiazole rings is 1.